The van der Waals surface area contributed by atoms with Gasteiger partial charge in [0, 0.05) is 18.7 Å². The van der Waals surface area contributed by atoms with Gasteiger partial charge in [0.1, 0.15) is 13.2 Å². The average Bonchev–Trinajstić information content (AvgIpc) is 3.10. The predicted octanol–water partition coefficient (Wildman–Crippen LogP) is 2.88. The molecule has 1 aromatic heterocycles. The highest BCUT2D eigenvalue weighted by Crippen LogP contribution is 2.38. The Morgan fingerprint density at radius 1 is 1.29 bits per heavy atom. The van der Waals surface area contributed by atoms with E-state index >= 15 is 0 Å². The van der Waals surface area contributed by atoms with Crippen molar-refractivity contribution in [3.63, 3.8) is 0 Å². The van der Waals surface area contributed by atoms with Crippen molar-refractivity contribution in [1.29, 1.82) is 0 Å². The van der Waals surface area contributed by atoms with Gasteiger partial charge in [0.05, 0.1) is 18.1 Å². The molecule has 4 rings (SSSR count). The highest BCUT2D eigenvalue weighted by atomic mass is 32.2. The normalized spacial score (nSPS) is 20.0. The van der Waals surface area contributed by atoms with Gasteiger partial charge in [-0.3, -0.25) is 4.90 Å². The second kappa shape index (κ2) is 7.07. The zero-order valence-corrected chi connectivity index (χ0v) is 14.8. The average molecular weight is 345 g/mol. The molecule has 3 heterocycles. The first-order valence-corrected chi connectivity index (χ1v) is 9.91. The zero-order valence-electron chi connectivity index (χ0n) is 14.0. The number of ether oxygens (including phenoxy) is 2. The van der Waals surface area contributed by atoms with Gasteiger partial charge in [0.25, 0.3) is 0 Å². The number of nitrogens with one attached hydrogen (secondary N) is 1. The summed E-state index contributed by atoms with van der Waals surface area (Å²) in [7, 11) is 0. The Kier molecular flexibility index (Phi) is 4.67. The third-order valence-corrected chi connectivity index (χ3v) is 5.40. The lowest BCUT2D eigenvalue weighted by molar-refractivity contribution is 0.170. The van der Waals surface area contributed by atoms with Crippen LogP contribution in [0.1, 0.15) is 29.4 Å². The highest BCUT2D eigenvalue weighted by molar-refractivity contribution is 7.98. The van der Waals surface area contributed by atoms with Crippen molar-refractivity contribution < 1.29 is 9.47 Å². The molecule has 1 atom stereocenters. The summed E-state index contributed by atoms with van der Waals surface area (Å²) in [4.78, 5) is 10.5. The number of aromatic nitrogens is 2. The van der Waals surface area contributed by atoms with Crippen LogP contribution >= 0.6 is 11.8 Å². The quantitative estimate of drug-likeness (QED) is 0.845. The zero-order chi connectivity index (χ0) is 16.4. The number of aromatic amines is 1. The molecular formula is C18H23N3O2S. The van der Waals surface area contributed by atoms with Crippen LogP contribution in [-0.4, -0.2) is 53.2 Å². The van der Waals surface area contributed by atoms with E-state index in [1.165, 1.54) is 23.4 Å². The summed E-state index contributed by atoms with van der Waals surface area (Å²) in [6.07, 6.45) is 6.22. The fourth-order valence-electron chi connectivity index (χ4n) is 3.58. The second-order valence-corrected chi connectivity index (χ2v) is 7.19. The van der Waals surface area contributed by atoms with Gasteiger partial charge in [-0.05, 0) is 42.7 Å². The Labute approximate surface area is 146 Å². The number of H-pyrrole nitrogens is 1. The van der Waals surface area contributed by atoms with Crippen LogP contribution in [0.5, 0.6) is 11.5 Å². The first-order valence-electron chi connectivity index (χ1n) is 8.51. The predicted molar refractivity (Wildman–Crippen MR) is 96.1 cm³/mol. The van der Waals surface area contributed by atoms with E-state index in [-0.39, 0.29) is 6.04 Å². The third-order valence-electron chi connectivity index (χ3n) is 4.70. The SMILES string of the molecule is CSCCCN1CCc2[nH]cnc2C1c1ccc2c(c1)OCCO2. The van der Waals surface area contributed by atoms with E-state index in [2.05, 4.69) is 33.3 Å². The Morgan fingerprint density at radius 2 is 2.17 bits per heavy atom. The van der Waals surface area contributed by atoms with E-state index in [1.54, 1.807) is 0 Å². The molecule has 0 spiro atoms. The molecule has 0 amide bonds. The van der Waals surface area contributed by atoms with Crippen molar-refractivity contribution in [3.05, 3.63) is 41.5 Å². The minimum atomic E-state index is 0.192. The molecule has 24 heavy (non-hydrogen) atoms. The lowest BCUT2D eigenvalue weighted by atomic mass is 9.95. The maximum atomic E-state index is 5.78. The molecule has 0 aliphatic carbocycles. The molecule has 1 unspecified atom stereocenters. The number of rotatable bonds is 5. The minimum Gasteiger partial charge on any atom is -0.486 e. The summed E-state index contributed by atoms with van der Waals surface area (Å²) < 4.78 is 11.4. The van der Waals surface area contributed by atoms with Crippen molar-refractivity contribution in [2.45, 2.75) is 18.9 Å². The fourth-order valence-corrected chi connectivity index (χ4v) is 3.99. The summed E-state index contributed by atoms with van der Waals surface area (Å²) in [6, 6.07) is 6.51. The van der Waals surface area contributed by atoms with Crippen LogP contribution in [0, 0.1) is 0 Å². The summed E-state index contributed by atoms with van der Waals surface area (Å²) in [6.45, 7) is 3.39. The van der Waals surface area contributed by atoms with Gasteiger partial charge in [-0.25, -0.2) is 4.98 Å². The van der Waals surface area contributed by atoms with Crippen molar-refractivity contribution in [2.24, 2.45) is 0 Å². The number of fused-ring (bicyclic) bond motifs is 2. The molecule has 1 N–H and O–H groups in total. The fraction of sp³-hybridized carbons (Fsp3) is 0.500. The topological polar surface area (TPSA) is 50.4 Å². The summed E-state index contributed by atoms with van der Waals surface area (Å²) >= 11 is 1.91. The minimum absolute atomic E-state index is 0.192. The Bertz CT molecular complexity index is 703. The number of hydrogen-bond donors (Lipinski definition) is 1. The van der Waals surface area contributed by atoms with E-state index in [9.17, 15) is 0 Å². The smallest absolute Gasteiger partial charge is 0.161 e. The van der Waals surface area contributed by atoms with Gasteiger partial charge in [0.15, 0.2) is 11.5 Å². The molecule has 2 aromatic rings. The molecule has 1 aromatic carbocycles. The van der Waals surface area contributed by atoms with Crippen LogP contribution in [0.25, 0.3) is 0 Å². The maximum absolute atomic E-state index is 5.78. The molecule has 0 bridgehead atoms. The molecular weight excluding hydrogens is 322 g/mol. The van der Waals surface area contributed by atoms with E-state index < -0.39 is 0 Å². The molecule has 0 saturated carbocycles. The molecule has 0 radical (unpaired) electrons. The van der Waals surface area contributed by atoms with Crippen LogP contribution in [0.2, 0.25) is 0 Å². The Morgan fingerprint density at radius 3 is 3.04 bits per heavy atom. The monoisotopic (exact) mass is 345 g/mol. The second-order valence-electron chi connectivity index (χ2n) is 6.20. The van der Waals surface area contributed by atoms with Crippen LogP contribution in [0.15, 0.2) is 24.5 Å². The number of imidazole rings is 1. The Balaban J connectivity index is 1.66. The van der Waals surface area contributed by atoms with Crippen molar-refractivity contribution in [2.75, 3.05) is 38.3 Å². The first-order chi connectivity index (χ1) is 11.9. The molecule has 5 nitrogen and oxygen atoms in total. The van der Waals surface area contributed by atoms with Crippen molar-refractivity contribution >= 4 is 11.8 Å². The van der Waals surface area contributed by atoms with Gasteiger partial charge in [-0.15, -0.1) is 0 Å². The number of hydrogen-bond acceptors (Lipinski definition) is 5. The lowest BCUT2D eigenvalue weighted by Gasteiger charge is -2.35. The van der Waals surface area contributed by atoms with Crippen molar-refractivity contribution in [3.8, 4) is 11.5 Å². The maximum Gasteiger partial charge on any atom is 0.161 e. The van der Waals surface area contributed by atoms with Crippen LogP contribution < -0.4 is 9.47 Å². The summed E-state index contributed by atoms with van der Waals surface area (Å²) in [5.41, 5.74) is 3.65. The summed E-state index contributed by atoms with van der Waals surface area (Å²) in [5.74, 6) is 2.89. The van der Waals surface area contributed by atoms with Crippen LogP contribution in [0.4, 0.5) is 0 Å². The van der Waals surface area contributed by atoms with Crippen molar-refractivity contribution in [1.82, 2.24) is 14.9 Å². The van der Waals surface area contributed by atoms with Gasteiger partial charge >= 0.3 is 0 Å². The van der Waals surface area contributed by atoms with Gasteiger partial charge < -0.3 is 14.5 Å². The number of benzene rings is 1. The molecule has 2 aliphatic heterocycles. The van der Waals surface area contributed by atoms with E-state index in [0.29, 0.717) is 13.2 Å². The molecule has 0 saturated heterocycles. The third kappa shape index (κ3) is 3.00. The largest absolute Gasteiger partial charge is 0.486 e. The van der Waals surface area contributed by atoms with E-state index in [4.69, 9.17) is 9.47 Å². The highest BCUT2D eigenvalue weighted by Gasteiger charge is 2.31. The lowest BCUT2D eigenvalue weighted by Crippen LogP contribution is -2.37. The van der Waals surface area contributed by atoms with Crippen LogP contribution in [0.3, 0.4) is 0 Å². The summed E-state index contributed by atoms with van der Waals surface area (Å²) in [5, 5.41) is 0. The molecule has 2 aliphatic rings. The van der Waals surface area contributed by atoms with E-state index in [1.807, 2.05) is 24.2 Å². The molecule has 6 heteroatoms. The standard InChI is InChI=1S/C18H23N3O2S/c1-24-10-2-6-21-7-5-14-17(20-12-19-14)18(21)13-3-4-15-16(11-13)23-9-8-22-15/h3-4,11-12,18H,2,5-10H2,1H3,(H,19,20). The van der Waals surface area contributed by atoms with E-state index in [0.717, 1.165) is 36.7 Å². The molecule has 128 valence electrons. The van der Waals surface area contributed by atoms with Crippen LogP contribution in [-0.2, 0) is 6.42 Å². The van der Waals surface area contributed by atoms with Gasteiger partial charge in [-0.1, -0.05) is 6.07 Å². The molecule has 0 fully saturated rings. The first kappa shape index (κ1) is 15.8. The van der Waals surface area contributed by atoms with Gasteiger partial charge in [-0.2, -0.15) is 11.8 Å². The number of nitrogens with zero attached hydrogens (tertiary/aromatic N) is 2. The van der Waals surface area contributed by atoms with Gasteiger partial charge in [0.2, 0.25) is 0 Å². The Hall–Kier alpha value is -1.66. The number of thioether (sulfide) groups is 1.